The summed E-state index contributed by atoms with van der Waals surface area (Å²) in [6.45, 7) is 5.66. The lowest BCUT2D eigenvalue weighted by Crippen LogP contribution is -2.38. The minimum atomic E-state index is 0.260. The van der Waals surface area contributed by atoms with Crippen LogP contribution in [0.15, 0.2) is 0 Å². The van der Waals surface area contributed by atoms with E-state index in [4.69, 9.17) is 5.26 Å². The Hall–Kier alpha value is -1.04. The van der Waals surface area contributed by atoms with Crippen LogP contribution in [0.1, 0.15) is 39.5 Å². The van der Waals surface area contributed by atoms with Crippen molar-refractivity contribution in [2.24, 2.45) is 23.7 Å². The molecule has 2 unspecified atom stereocenters. The molecule has 2 aliphatic carbocycles. The molecule has 94 valence electrons. The molecule has 0 aromatic heterocycles. The van der Waals surface area contributed by atoms with Gasteiger partial charge < -0.3 is 4.90 Å². The molecule has 0 aromatic rings. The highest BCUT2D eigenvalue weighted by atomic mass is 16.2. The van der Waals surface area contributed by atoms with E-state index in [0.717, 1.165) is 31.2 Å². The van der Waals surface area contributed by atoms with Crippen molar-refractivity contribution in [2.45, 2.75) is 39.5 Å². The highest BCUT2D eigenvalue weighted by Crippen LogP contribution is 2.54. The predicted molar refractivity (Wildman–Crippen MR) is 66.0 cm³/mol. The maximum Gasteiger partial charge on any atom is 0.225 e. The zero-order chi connectivity index (χ0) is 12.4. The van der Waals surface area contributed by atoms with Crippen LogP contribution in [0.2, 0.25) is 0 Å². The first-order valence-corrected chi connectivity index (χ1v) is 6.77. The number of fused-ring (bicyclic) bond motifs is 1. The van der Waals surface area contributed by atoms with Gasteiger partial charge in [0.25, 0.3) is 0 Å². The van der Waals surface area contributed by atoms with Crippen molar-refractivity contribution >= 4 is 5.91 Å². The van der Waals surface area contributed by atoms with Crippen molar-refractivity contribution in [3.8, 4) is 6.07 Å². The van der Waals surface area contributed by atoms with Crippen LogP contribution in [-0.2, 0) is 4.79 Å². The Bertz CT molecular complexity index is 322. The second-order valence-electron chi connectivity index (χ2n) is 6.01. The fraction of sp³-hybridized carbons (Fsp3) is 0.857. The van der Waals surface area contributed by atoms with Crippen molar-refractivity contribution < 1.29 is 4.79 Å². The van der Waals surface area contributed by atoms with E-state index in [1.165, 1.54) is 6.42 Å². The molecule has 0 saturated heterocycles. The average Bonchev–Trinajstić information content (AvgIpc) is 2.90. The largest absolute Gasteiger partial charge is 0.341 e. The van der Waals surface area contributed by atoms with Gasteiger partial charge in [-0.2, -0.15) is 5.26 Å². The van der Waals surface area contributed by atoms with E-state index in [1.807, 2.05) is 4.90 Å². The van der Waals surface area contributed by atoms with Crippen LogP contribution in [0.4, 0.5) is 0 Å². The Kier molecular flexibility index (Phi) is 3.71. The van der Waals surface area contributed by atoms with Crippen molar-refractivity contribution in [1.29, 1.82) is 5.26 Å². The first kappa shape index (κ1) is 12.4. The van der Waals surface area contributed by atoms with E-state index >= 15 is 0 Å². The molecule has 0 aromatic carbocycles. The Balaban J connectivity index is 1.89. The van der Waals surface area contributed by atoms with Crippen molar-refractivity contribution in [2.75, 3.05) is 13.1 Å². The summed E-state index contributed by atoms with van der Waals surface area (Å²) in [7, 11) is 0. The third kappa shape index (κ3) is 3.00. The Morgan fingerprint density at radius 2 is 2.00 bits per heavy atom. The topological polar surface area (TPSA) is 44.1 Å². The van der Waals surface area contributed by atoms with Gasteiger partial charge in [-0.05, 0) is 37.0 Å². The van der Waals surface area contributed by atoms with Crippen LogP contribution in [0.25, 0.3) is 0 Å². The standard InChI is InChI=1S/C14H22N2O/c1-10(2)9-16(5-3-4-15)14(17)13-7-11-6-12(11)8-13/h10-13H,3,5-9H2,1-2H3. The van der Waals surface area contributed by atoms with Gasteiger partial charge >= 0.3 is 0 Å². The summed E-state index contributed by atoms with van der Waals surface area (Å²) >= 11 is 0. The minimum absolute atomic E-state index is 0.260. The van der Waals surface area contributed by atoms with Crippen LogP contribution in [-0.4, -0.2) is 23.9 Å². The van der Waals surface area contributed by atoms with Crippen LogP contribution < -0.4 is 0 Å². The number of rotatable bonds is 5. The van der Waals surface area contributed by atoms with Crippen LogP contribution in [0.5, 0.6) is 0 Å². The normalized spacial score (nSPS) is 29.9. The Morgan fingerprint density at radius 3 is 2.53 bits per heavy atom. The van der Waals surface area contributed by atoms with Crippen LogP contribution in [0, 0.1) is 35.0 Å². The zero-order valence-corrected chi connectivity index (χ0v) is 10.9. The molecule has 2 atom stereocenters. The van der Waals surface area contributed by atoms with E-state index in [0.29, 0.717) is 24.8 Å². The molecule has 2 fully saturated rings. The number of nitriles is 1. The van der Waals surface area contributed by atoms with E-state index in [1.54, 1.807) is 0 Å². The maximum absolute atomic E-state index is 12.4. The average molecular weight is 234 g/mol. The van der Waals surface area contributed by atoms with Gasteiger partial charge in [0.05, 0.1) is 12.5 Å². The minimum Gasteiger partial charge on any atom is -0.341 e. The van der Waals surface area contributed by atoms with Gasteiger partial charge in [0, 0.05) is 19.0 Å². The monoisotopic (exact) mass is 234 g/mol. The molecule has 0 aliphatic heterocycles. The summed E-state index contributed by atoms with van der Waals surface area (Å²) in [5.41, 5.74) is 0. The molecule has 2 rings (SSSR count). The molecule has 17 heavy (non-hydrogen) atoms. The van der Waals surface area contributed by atoms with E-state index in [9.17, 15) is 4.79 Å². The summed E-state index contributed by atoms with van der Waals surface area (Å²) in [4.78, 5) is 14.3. The quantitative estimate of drug-likeness (QED) is 0.733. The molecular weight excluding hydrogens is 212 g/mol. The second-order valence-corrected chi connectivity index (χ2v) is 6.01. The predicted octanol–water partition coefficient (Wildman–Crippen LogP) is 2.43. The van der Waals surface area contributed by atoms with E-state index in [-0.39, 0.29) is 5.92 Å². The van der Waals surface area contributed by atoms with Gasteiger partial charge in [-0.15, -0.1) is 0 Å². The van der Waals surface area contributed by atoms with Crippen molar-refractivity contribution in [3.05, 3.63) is 0 Å². The lowest BCUT2D eigenvalue weighted by Gasteiger charge is -2.27. The first-order chi connectivity index (χ1) is 8.11. The van der Waals surface area contributed by atoms with Gasteiger partial charge in [0.2, 0.25) is 5.91 Å². The number of carbonyl (C=O) groups is 1. The summed E-state index contributed by atoms with van der Waals surface area (Å²) in [5, 5.41) is 8.66. The molecule has 2 saturated carbocycles. The molecule has 3 nitrogen and oxygen atoms in total. The van der Waals surface area contributed by atoms with Gasteiger partial charge in [-0.3, -0.25) is 4.79 Å². The second kappa shape index (κ2) is 5.08. The molecule has 0 bridgehead atoms. The number of carbonyl (C=O) groups excluding carboxylic acids is 1. The van der Waals surface area contributed by atoms with Gasteiger partial charge in [0.1, 0.15) is 0 Å². The molecule has 0 N–H and O–H groups in total. The number of hydrogen-bond acceptors (Lipinski definition) is 2. The highest BCUT2D eigenvalue weighted by Gasteiger charge is 2.48. The Labute approximate surface area is 104 Å². The number of nitrogens with zero attached hydrogens (tertiary/aromatic N) is 2. The number of hydrogen-bond donors (Lipinski definition) is 0. The molecule has 0 spiro atoms. The third-order valence-corrected chi connectivity index (χ3v) is 3.98. The molecule has 3 heteroatoms. The zero-order valence-electron chi connectivity index (χ0n) is 10.9. The van der Waals surface area contributed by atoms with E-state index in [2.05, 4.69) is 19.9 Å². The summed E-state index contributed by atoms with van der Waals surface area (Å²) in [6, 6.07) is 2.14. The SMILES string of the molecule is CC(C)CN(CCC#N)C(=O)C1CC2CC2C1. The molecular formula is C14H22N2O. The van der Waals surface area contributed by atoms with Gasteiger partial charge in [-0.1, -0.05) is 13.8 Å². The van der Waals surface area contributed by atoms with Gasteiger partial charge in [0.15, 0.2) is 0 Å². The summed E-state index contributed by atoms with van der Waals surface area (Å²) in [6.07, 6.45) is 4.01. The summed E-state index contributed by atoms with van der Waals surface area (Å²) in [5.74, 6) is 2.74. The van der Waals surface area contributed by atoms with E-state index < -0.39 is 0 Å². The van der Waals surface area contributed by atoms with Crippen molar-refractivity contribution in [3.63, 3.8) is 0 Å². The smallest absolute Gasteiger partial charge is 0.225 e. The molecule has 0 heterocycles. The van der Waals surface area contributed by atoms with Crippen LogP contribution >= 0.6 is 0 Å². The Morgan fingerprint density at radius 1 is 1.35 bits per heavy atom. The lowest BCUT2D eigenvalue weighted by molar-refractivity contribution is -0.136. The van der Waals surface area contributed by atoms with Gasteiger partial charge in [-0.25, -0.2) is 0 Å². The fourth-order valence-corrected chi connectivity index (χ4v) is 3.09. The highest BCUT2D eigenvalue weighted by molar-refractivity contribution is 5.79. The lowest BCUT2D eigenvalue weighted by atomic mass is 10.0. The van der Waals surface area contributed by atoms with Crippen molar-refractivity contribution in [1.82, 2.24) is 4.90 Å². The molecule has 1 amide bonds. The molecule has 2 aliphatic rings. The van der Waals surface area contributed by atoms with Crippen LogP contribution in [0.3, 0.4) is 0 Å². The maximum atomic E-state index is 12.4. The summed E-state index contributed by atoms with van der Waals surface area (Å²) < 4.78 is 0. The fourth-order valence-electron chi connectivity index (χ4n) is 3.09. The number of amides is 1. The third-order valence-electron chi connectivity index (χ3n) is 3.98. The molecule has 0 radical (unpaired) electrons. The first-order valence-electron chi connectivity index (χ1n) is 6.77.